The number of piperazine rings is 1. The maximum absolute atomic E-state index is 13.0. The van der Waals surface area contributed by atoms with Gasteiger partial charge in [-0.3, -0.25) is 4.90 Å². The third-order valence-corrected chi connectivity index (χ3v) is 4.67. The fourth-order valence-electron chi connectivity index (χ4n) is 3.10. The average molecular weight is 386 g/mol. The maximum Gasteiger partial charge on any atom is 0.338 e. The number of methoxy groups -OCH3 is 1. The van der Waals surface area contributed by atoms with E-state index in [1.807, 2.05) is 11.0 Å². The topological polar surface area (TPSA) is 78.8 Å². The molecule has 1 saturated heterocycles. The zero-order valence-corrected chi connectivity index (χ0v) is 15.7. The van der Waals surface area contributed by atoms with E-state index in [2.05, 4.69) is 20.9 Å². The van der Waals surface area contributed by atoms with Crippen molar-refractivity contribution in [3.05, 3.63) is 59.7 Å². The molecule has 7 nitrogen and oxygen atoms in total. The largest absolute Gasteiger partial charge is 0.478 e. The van der Waals surface area contributed by atoms with Gasteiger partial charge in [-0.2, -0.15) is 0 Å². The molecule has 1 N–H and O–H groups in total. The van der Waals surface area contributed by atoms with Crippen molar-refractivity contribution in [2.45, 2.75) is 6.04 Å². The van der Waals surface area contributed by atoms with Gasteiger partial charge in [-0.25, -0.2) is 19.2 Å². The molecule has 1 unspecified atom stereocenters. The summed E-state index contributed by atoms with van der Waals surface area (Å²) in [4.78, 5) is 23.6. The number of halogens is 1. The van der Waals surface area contributed by atoms with Gasteiger partial charge in [0.15, 0.2) is 0 Å². The highest BCUT2D eigenvalue weighted by molar-refractivity contribution is 5.86. The second kappa shape index (κ2) is 9.38. The summed E-state index contributed by atoms with van der Waals surface area (Å²) in [6.45, 7) is 3.62. The minimum Gasteiger partial charge on any atom is -0.478 e. The van der Waals surface area contributed by atoms with Gasteiger partial charge in [0.25, 0.3) is 0 Å². The van der Waals surface area contributed by atoms with Gasteiger partial charge < -0.3 is 14.7 Å². The fourth-order valence-corrected chi connectivity index (χ4v) is 3.10. The SMILES string of the molecule is COCC(/C=C/c1ccc(F)cc1)N1CCN(c2ncc(C(=O)O)cn2)CC1. The lowest BCUT2D eigenvalue weighted by Crippen LogP contribution is -2.51. The summed E-state index contributed by atoms with van der Waals surface area (Å²) in [5.74, 6) is -0.748. The molecule has 0 saturated carbocycles. The summed E-state index contributed by atoms with van der Waals surface area (Å²) in [5.41, 5.74) is 1.02. The monoisotopic (exact) mass is 386 g/mol. The first-order chi connectivity index (χ1) is 13.6. The predicted molar refractivity (Wildman–Crippen MR) is 104 cm³/mol. The number of anilines is 1. The summed E-state index contributed by atoms with van der Waals surface area (Å²) in [6.07, 6.45) is 6.71. The Hall–Kier alpha value is -2.84. The van der Waals surface area contributed by atoms with Crippen LogP contribution in [0.1, 0.15) is 15.9 Å². The zero-order chi connectivity index (χ0) is 19.9. The molecule has 0 radical (unpaired) electrons. The number of nitrogens with zero attached hydrogens (tertiary/aromatic N) is 4. The molecule has 2 heterocycles. The molecule has 1 aromatic carbocycles. The van der Waals surface area contributed by atoms with Crippen LogP contribution in [0.5, 0.6) is 0 Å². The lowest BCUT2D eigenvalue weighted by Gasteiger charge is -2.38. The van der Waals surface area contributed by atoms with E-state index >= 15 is 0 Å². The normalized spacial score (nSPS) is 16.4. The Kier molecular flexibility index (Phi) is 6.67. The molecule has 0 aliphatic carbocycles. The number of carboxylic acid groups (broad SMARTS) is 1. The van der Waals surface area contributed by atoms with E-state index in [-0.39, 0.29) is 17.4 Å². The van der Waals surface area contributed by atoms with Crippen LogP contribution >= 0.6 is 0 Å². The molecule has 1 atom stereocenters. The number of carboxylic acids is 1. The van der Waals surface area contributed by atoms with Crippen molar-refractivity contribution in [1.29, 1.82) is 0 Å². The van der Waals surface area contributed by atoms with Crippen molar-refractivity contribution >= 4 is 18.0 Å². The van der Waals surface area contributed by atoms with Crippen molar-refractivity contribution in [1.82, 2.24) is 14.9 Å². The number of rotatable bonds is 7. The summed E-state index contributed by atoms with van der Waals surface area (Å²) in [5, 5.41) is 8.94. The van der Waals surface area contributed by atoms with E-state index in [0.717, 1.165) is 31.7 Å². The highest BCUT2D eigenvalue weighted by Crippen LogP contribution is 2.15. The number of hydrogen-bond acceptors (Lipinski definition) is 6. The summed E-state index contributed by atoms with van der Waals surface area (Å²) < 4.78 is 18.4. The van der Waals surface area contributed by atoms with Crippen LogP contribution in [-0.4, -0.2) is 71.9 Å². The summed E-state index contributed by atoms with van der Waals surface area (Å²) >= 11 is 0. The van der Waals surface area contributed by atoms with Crippen LogP contribution in [0.4, 0.5) is 10.3 Å². The third kappa shape index (κ3) is 5.11. The Bertz CT molecular complexity index is 803. The van der Waals surface area contributed by atoms with Gasteiger partial charge >= 0.3 is 5.97 Å². The first kappa shape index (κ1) is 19.9. The van der Waals surface area contributed by atoms with Crippen molar-refractivity contribution < 1.29 is 19.0 Å². The molecular formula is C20H23FN4O3. The van der Waals surface area contributed by atoms with Crippen LogP contribution in [-0.2, 0) is 4.74 Å². The molecular weight excluding hydrogens is 363 g/mol. The second-order valence-corrected chi connectivity index (χ2v) is 6.53. The van der Waals surface area contributed by atoms with E-state index < -0.39 is 5.97 Å². The van der Waals surface area contributed by atoms with E-state index in [0.29, 0.717) is 12.6 Å². The van der Waals surface area contributed by atoms with Gasteiger partial charge in [-0.1, -0.05) is 24.3 Å². The summed E-state index contributed by atoms with van der Waals surface area (Å²) in [6, 6.07) is 6.48. The second-order valence-electron chi connectivity index (χ2n) is 6.53. The van der Waals surface area contributed by atoms with Gasteiger partial charge in [0, 0.05) is 45.7 Å². The minimum atomic E-state index is -1.04. The van der Waals surface area contributed by atoms with Gasteiger partial charge in [0.05, 0.1) is 18.2 Å². The quantitative estimate of drug-likeness (QED) is 0.781. The first-order valence-electron chi connectivity index (χ1n) is 9.04. The molecule has 0 bridgehead atoms. The molecule has 8 heteroatoms. The Morgan fingerprint density at radius 3 is 2.43 bits per heavy atom. The van der Waals surface area contributed by atoms with Crippen LogP contribution in [0, 0.1) is 5.82 Å². The average Bonchev–Trinajstić information content (AvgIpc) is 2.72. The molecule has 28 heavy (non-hydrogen) atoms. The number of aromatic carboxylic acids is 1. The molecule has 1 aromatic heterocycles. The van der Waals surface area contributed by atoms with E-state index in [1.165, 1.54) is 24.5 Å². The number of ether oxygens (including phenoxy) is 1. The van der Waals surface area contributed by atoms with Crippen molar-refractivity contribution in [2.75, 3.05) is 44.8 Å². The minimum absolute atomic E-state index is 0.0773. The summed E-state index contributed by atoms with van der Waals surface area (Å²) in [7, 11) is 1.67. The molecule has 1 fully saturated rings. The number of benzene rings is 1. The van der Waals surface area contributed by atoms with Crippen LogP contribution in [0.3, 0.4) is 0 Å². The Labute approximate surface area is 163 Å². The van der Waals surface area contributed by atoms with Gasteiger partial charge in [-0.05, 0) is 17.7 Å². The van der Waals surface area contributed by atoms with Crippen molar-refractivity contribution in [2.24, 2.45) is 0 Å². The van der Waals surface area contributed by atoms with Crippen LogP contribution in [0.25, 0.3) is 6.08 Å². The molecule has 3 rings (SSSR count). The van der Waals surface area contributed by atoms with E-state index in [4.69, 9.17) is 9.84 Å². The smallest absolute Gasteiger partial charge is 0.338 e. The zero-order valence-electron chi connectivity index (χ0n) is 15.7. The maximum atomic E-state index is 13.0. The number of carbonyl (C=O) groups is 1. The highest BCUT2D eigenvalue weighted by atomic mass is 19.1. The highest BCUT2D eigenvalue weighted by Gasteiger charge is 2.23. The number of aromatic nitrogens is 2. The Morgan fingerprint density at radius 1 is 1.21 bits per heavy atom. The Balaban J connectivity index is 1.60. The molecule has 0 amide bonds. The fraction of sp³-hybridized carbons (Fsp3) is 0.350. The lowest BCUT2D eigenvalue weighted by molar-refractivity contribution is 0.0696. The molecule has 1 aliphatic heterocycles. The van der Waals surface area contributed by atoms with Crippen molar-refractivity contribution in [3.8, 4) is 0 Å². The van der Waals surface area contributed by atoms with Crippen LogP contribution in [0.2, 0.25) is 0 Å². The standard InChI is InChI=1S/C20H23FN4O3/c1-28-14-18(7-4-15-2-5-17(21)6-3-15)24-8-10-25(11-9-24)20-22-12-16(13-23-20)19(26)27/h2-7,12-13,18H,8-11,14H2,1H3,(H,26,27)/b7-4+. The van der Waals surface area contributed by atoms with E-state index in [1.54, 1.807) is 19.2 Å². The van der Waals surface area contributed by atoms with Crippen LogP contribution in [0.15, 0.2) is 42.7 Å². The van der Waals surface area contributed by atoms with Crippen LogP contribution < -0.4 is 4.90 Å². The van der Waals surface area contributed by atoms with E-state index in [9.17, 15) is 9.18 Å². The first-order valence-corrected chi connectivity index (χ1v) is 9.04. The third-order valence-electron chi connectivity index (χ3n) is 4.67. The molecule has 0 spiro atoms. The molecule has 2 aromatic rings. The Morgan fingerprint density at radius 2 is 1.86 bits per heavy atom. The molecule has 148 valence electrons. The predicted octanol–water partition coefficient (Wildman–Crippen LogP) is 2.16. The van der Waals surface area contributed by atoms with Crippen molar-refractivity contribution in [3.63, 3.8) is 0 Å². The van der Waals surface area contributed by atoms with Gasteiger partial charge in [0.1, 0.15) is 5.82 Å². The number of hydrogen-bond donors (Lipinski definition) is 1. The van der Waals surface area contributed by atoms with Gasteiger partial charge in [-0.15, -0.1) is 0 Å². The lowest BCUT2D eigenvalue weighted by atomic mass is 10.1. The van der Waals surface area contributed by atoms with Gasteiger partial charge in [0.2, 0.25) is 5.95 Å². The molecule has 1 aliphatic rings.